The van der Waals surface area contributed by atoms with Gasteiger partial charge >= 0.3 is 0 Å². The molecule has 0 radical (unpaired) electrons. The summed E-state index contributed by atoms with van der Waals surface area (Å²) in [5.74, 6) is 0.925. The fourth-order valence-electron chi connectivity index (χ4n) is 1.79. The van der Waals surface area contributed by atoms with Gasteiger partial charge in [0.2, 0.25) is 5.91 Å². The van der Waals surface area contributed by atoms with Crippen LogP contribution in [0.25, 0.3) is 17.0 Å². The number of hydrogen-bond acceptors (Lipinski definition) is 5. The van der Waals surface area contributed by atoms with Gasteiger partial charge in [-0.25, -0.2) is 0 Å². The average molecular weight is 347 g/mol. The Morgan fingerprint density at radius 3 is 2.62 bits per heavy atom. The first kappa shape index (κ1) is 13.5. The maximum absolute atomic E-state index is 10.9. The molecule has 0 aliphatic rings. The number of halogens is 1. The number of rotatable bonds is 3. The Balaban J connectivity index is 2.01. The van der Waals surface area contributed by atoms with Crippen LogP contribution in [0.4, 0.5) is 5.82 Å². The molecule has 2 heterocycles. The van der Waals surface area contributed by atoms with E-state index in [0.29, 0.717) is 17.3 Å². The lowest BCUT2D eigenvalue weighted by Gasteiger charge is -2.06. The lowest BCUT2D eigenvalue weighted by atomic mass is 10.2. The Kier molecular flexibility index (Phi) is 3.53. The SMILES string of the molecule is CC(=O)NNc1ccc2nnc(-c3ccc(Br)cc3)n2n1. The lowest BCUT2D eigenvalue weighted by Crippen LogP contribution is -2.27. The first-order valence-electron chi connectivity index (χ1n) is 6.14. The van der Waals surface area contributed by atoms with E-state index in [9.17, 15) is 4.79 Å². The van der Waals surface area contributed by atoms with Gasteiger partial charge in [-0.1, -0.05) is 28.1 Å². The Labute approximate surface area is 128 Å². The van der Waals surface area contributed by atoms with Crippen LogP contribution < -0.4 is 10.9 Å². The van der Waals surface area contributed by atoms with Crippen LogP contribution in [0.1, 0.15) is 6.92 Å². The van der Waals surface area contributed by atoms with Gasteiger partial charge < -0.3 is 0 Å². The zero-order valence-corrected chi connectivity index (χ0v) is 12.6. The molecule has 0 aliphatic heterocycles. The third-order valence-electron chi connectivity index (χ3n) is 2.73. The molecular weight excluding hydrogens is 336 g/mol. The number of anilines is 1. The topological polar surface area (TPSA) is 84.2 Å². The van der Waals surface area contributed by atoms with E-state index in [-0.39, 0.29) is 5.91 Å². The predicted molar refractivity (Wildman–Crippen MR) is 81.4 cm³/mol. The highest BCUT2D eigenvalue weighted by Gasteiger charge is 2.09. The number of hydrogen-bond donors (Lipinski definition) is 2. The molecule has 8 heteroatoms. The summed E-state index contributed by atoms with van der Waals surface area (Å²) in [6.07, 6.45) is 0. The van der Waals surface area contributed by atoms with Gasteiger partial charge in [0.15, 0.2) is 17.3 Å². The van der Waals surface area contributed by atoms with Crippen molar-refractivity contribution in [1.82, 2.24) is 25.2 Å². The summed E-state index contributed by atoms with van der Waals surface area (Å²) in [6.45, 7) is 1.41. The highest BCUT2D eigenvalue weighted by molar-refractivity contribution is 9.10. The Morgan fingerprint density at radius 1 is 1.14 bits per heavy atom. The van der Waals surface area contributed by atoms with Gasteiger partial charge in [0.05, 0.1) is 0 Å². The normalized spacial score (nSPS) is 10.6. The van der Waals surface area contributed by atoms with Crippen LogP contribution in [0.5, 0.6) is 0 Å². The Bertz CT molecular complexity index is 798. The summed E-state index contributed by atoms with van der Waals surface area (Å²) in [5.41, 5.74) is 6.72. The molecule has 7 nitrogen and oxygen atoms in total. The van der Waals surface area contributed by atoms with Gasteiger partial charge in [0, 0.05) is 17.0 Å². The smallest absolute Gasteiger partial charge is 0.235 e. The highest BCUT2D eigenvalue weighted by Crippen LogP contribution is 2.20. The minimum Gasteiger partial charge on any atom is -0.280 e. The predicted octanol–water partition coefficient (Wildman–Crippen LogP) is 2.02. The van der Waals surface area contributed by atoms with Crippen molar-refractivity contribution >= 4 is 33.3 Å². The number of nitrogens with one attached hydrogen (secondary N) is 2. The van der Waals surface area contributed by atoms with Crippen LogP contribution in [0, 0.1) is 0 Å². The maximum atomic E-state index is 10.9. The van der Waals surface area contributed by atoms with Crippen LogP contribution >= 0.6 is 15.9 Å². The largest absolute Gasteiger partial charge is 0.280 e. The first-order valence-corrected chi connectivity index (χ1v) is 6.94. The number of aromatic nitrogens is 4. The van der Waals surface area contributed by atoms with Crippen molar-refractivity contribution in [3.8, 4) is 11.4 Å². The van der Waals surface area contributed by atoms with Crippen molar-refractivity contribution in [3.05, 3.63) is 40.9 Å². The summed E-state index contributed by atoms with van der Waals surface area (Å²) >= 11 is 3.40. The van der Waals surface area contributed by atoms with E-state index in [1.807, 2.05) is 24.3 Å². The minimum absolute atomic E-state index is 0.200. The molecule has 1 amide bonds. The summed E-state index contributed by atoms with van der Waals surface area (Å²) in [5, 5.41) is 12.6. The third kappa shape index (κ3) is 2.84. The van der Waals surface area contributed by atoms with E-state index in [1.54, 1.807) is 16.6 Å². The summed E-state index contributed by atoms with van der Waals surface area (Å²) in [7, 11) is 0. The zero-order chi connectivity index (χ0) is 14.8. The molecule has 106 valence electrons. The molecule has 0 saturated heterocycles. The van der Waals surface area contributed by atoms with Crippen molar-refractivity contribution in [2.45, 2.75) is 6.92 Å². The van der Waals surface area contributed by atoms with Crippen molar-refractivity contribution in [3.63, 3.8) is 0 Å². The molecule has 2 N–H and O–H groups in total. The van der Waals surface area contributed by atoms with E-state index in [4.69, 9.17) is 0 Å². The van der Waals surface area contributed by atoms with Gasteiger partial charge in [-0.05, 0) is 24.3 Å². The molecule has 1 aromatic carbocycles. The molecular formula is C13H11BrN6O. The fourth-order valence-corrected chi connectivity index (χ4v) is 2.05. The van der Waals surface area contributed by atoms with E-state index in [1.165, 1.54) is 6.92 Å². The molecule has 0 saturated carbocycles. The van der Waals surface area contributed by atoms with Crippen molar-refractivity contribution in [1.29, 1.82) is 0 Å². The fraction of sp³-hybridized carbons (Fsp3) is 0.0769. The average Bonchev–Trinajstić information content (AvgIpc) is 2.89. The summed E-state index contributed by atoms with van der Waals surface area (Å²) in [6, 6.07) is 11.2. The molecule has 0 bridgehead atoms. The van der Waals surface area contributed by atoms with Crippen LogP contribution in [0.3, 0.4) is 0 Å². The Morgan fingerprint density at radius 2 is 1.90 bits per heavy atom. The Hall–Kier alpha value is -2.48. The van der Waals surface area contributed by atoms with E-state index in [0.717, 1.165) is 10.0 Å². The second-order valence-corrected chi connectivity index (χ2v) is 5.24. The summed E-state index contributed by atoms with van der Waals surface area (Å²) < 4.78 is 2.61. The summed E-state index contributed by atoms with van der Waals surface area (Å²) in [4.78, 5) is 10.9. The molecule has 3 rings (SSSR count). The van der Waals surface area contributed by atoms with Crippen molar-refractivity contribution in [2.75, 3.05) is 5.43 Å². The van der Waals surface area contributed by atoms with Gasteiger partial charge in [-0.2, -0.15) is 4.52 Å². The number of hydrazine groups is 1. The number of nitrogens with zero attached hydrogens (tertiary/aromatic N) is 4. The van der Waals surface area contributed by atoms with Gasteiger partial charge in [-0.3, -0.25) is 15.6 Å². The maximum Gasteiger partial charge on any atom is 0.235 e. The standard InChI is InChI=1S/C13H11BrN6O/c1-8(21)15-16-11-6-7-12-17-18-13(20(12)19-11)9-2-4-10(14)5-3-9/h2-7H,1H3,(H,15,21)(H,16,19). The third-order valence-corrected chi connectivity index (χ3v) is 3.26. The second-order valence-electron chi connectivity index (χ2n) is 4.33. The molecule has 0 atom stereocenters. The van der Waals surface area contributed by atoms with Crippen molar-refractivity contribution < 1.29 is 4.79 Å². The van der Waals surface area contributed by atoms with E-state index in [2.05, 4.69) is 42.1 Å². The first-order chi connectivity index (χ1) is 10.1. The van der Waals surface area contributed by atoms with E-state index < -0.39 is 0 Å². The number of amides is 1. The van der Waals surface area contributed by atoms with Gasteiger partial charge in [0.25, 0.3) is 0 Å². The highest BCUT2D eigenvalue weighted by atomic mass is 79.9. The van der Waals surface area contributed by atoms with Gasteiger partial charge in [-0.15, -0.1) is 15.3 Å². The molecule has 0 unspecified atom stereocenters. The number of carbonyl (C=O) groups excluding carboxylic acids is 1. The lowest BCUT2D eigenvalue weighted by molar-refractivity contribution is -0.118. The molecule has 21 heavy (non-hydrogen) atoms. The van der Waals surface area contributed by atoms with Crippen LogP contribution in [0.2, 0.25) is 0 Å². The monoisotopic (exact) mass is 346 g/mol. The molecule has 0 fully saturated rings. The zero-order valence-electron chi connectivity index (χ0n) is 11.0. The molecule has 2 aromatic heterocycles. The number of carbonyl (C=O) groups is 1. The van der Waals surface area contributed by atoms with Crippen molar-refractivity contribution in [2.24, 2.45) is 0 Å². The van der Waals surface area contributed by atoms with Crippen LogP contribution in [-0.2, 0) is 4.79 Å². The van der Waals surface area contributed by atoms with Crippen LogP contribution in [-0.4, -0.2) is 25.7 Å². The number of fused-ring (bicyclic) bond motifs is 1. The van der Waals surface area contributed by atoms with Crippen LogP contribution in [0.15, 0.2) is 40.9 Å². The van der Waals surface area contributed by atoms with E-state index >= 15 is 0 Å². The van der Waals surface area contributed by atoms with Gasteiger partial charge in [0.1, 0.15) is 0 Å². The molecule has 0 spiro atoms. The second kappa shape index (κ2) is 5.49. The quantitative estimate of drug-likeness (QED) is 0.708. The molecule has 3 aromatic rings. The minimum atomic E-state index is -0.200. The molecule has 0 aliphatic carbocycles. The number of benzene rings is 1.